The van der Waals surface area contributed by atoms with Crippen LogP contribution in [0.2, 0.25) is 0 Å². The third-order valence-electron chi connectivity index (χ3n) is 5.80. The van der Waals surface area contributed by atoms with E-state index in [1.54, 1.807) is 0 Å². The lowest BCUT2D eigenvalue weighted by Gasteiger charge is -2.36. The molecule has 2 aromatic rings. The van der Waals surface area contributed by atoms with Gasteiger partial charge in [-0.25, -0.2) is 0 Å². The molecule has 1 amide bonds. The van der Waals surface area contributed by atoms with E-state index >= 15 is 0 Å². The van der Waals surface area contributed by atoms with Crippen LogP contribution in [0.5, 0.6) is 0 Å². The van der Waals surface area contributed by atoms with Crippen LogP contribution in [0.3, 0.4) is 0 Å². The molecule has 4 heterocycles. The molecule has 23 heavy (non-hydrogen) atoms. The van der Waals surface area contributed by atoms with Gasteiger partial charge in [-0.2, -0.15) is 0 Å². The predicted molar refractivity (Wildman–Crippen MR) is 91.8 cm³/mol. The maximum absolute atomic E-state index is 12.8. The van der Waals surface area contributed by atoms with Crippen LogP contribution in [0.15, 0.2) is 30.5 Å². The Morgan fingerprint density at radius 3 is 2.70 bits per heavy atom. The van der Waals surface area contributed by atoms with Gasteiger partial charge in [0.25, 0.3) is 5.91 Å². The number of nitrogens with zero attached hydrogens (tertiary/aromatic N) is 2. The van der Waals surface area contributed by atoms with E-state index in [9.17, 15) is 4.79 Å². The zero-order chi connectivity index (χ0) is 16.0. The zero-order valence-electron chi connectivity index (χ0n) is 14.0. The first kappa shape index (κ1) is 14.8. The number of aromatic nitrogens is 1. The summed E-state index contributed by atoms with van der Waals surface area (Å²) in [5.74, 6) is 0.0855. The minimum atomic E-state index is 0.0855. The highest BCUT2D eigenvalue weighted by atomic mass is 16.1. The summed E-state index contributed by atoms with van der Waals surface area (Å²) in [6.45, 7) is 2.13. The number of rotatable bonds is 3. The molecule has 0 radical (unpaired) electrons. The normalized spacial score (nSPS) is 27.5. The van der Waals surface area contributed by atoms with Crippen LogP contribution in [0, 0.1) is 0 Å². The molecule has 2 aliphatic rings. The minimum absolute atomic E-state index is 0.0855. The number of carbonyl (C=O) groups is 1. The summed E-state index contributed by atoms with van der Waals surface area (Å²) in [5, 5.41) is 3.31. The standard InChI is InChI=1S/C19H25N3O/c1-3-14-12-17(18-6-4-5-9-22(14)18)19(23)20-13-10-15-7-8-16(11-13)21(15)2/h4-6,9,12-13,15-16H,3,7-8,10-11H2,1-2H3,(H,20,23)/t13?,15-,16+. The molecule has 2 aromatic heterocycles. The Hall–Kier alpha value is -1.81. The van der Waals surface area contributed by atoms with Crippen LogP contribution in [0.25, 0.3) is 5.52 Å². The smallest absolute Gasteiger partial charge is 0.253 e. The van der Waals surface area contributed by atoms with Crippen molar-refractivity contribution in [3.8, 4) is 0 Å². The molecule has 122 valence electrons. The first-order valence-corrected chi connectivity index (χ1v) is 8.79. The van der Waals surface area contributed by atoms with E-state index in [2.05, 4.69) is 28.6 Å². The molecule has 0 aromatic carbocycles. The molecule has 1 N–H and O–H groups in total. The summed E-state index contributed by atoms with van der Waals surface area (Å²) in [5.41, 5.74) is 3.01. The van der Waals surface area contributed by atoms with Crippen molar-refractivity contribution in [1.29, 1.82) is 0 Å². The molecule has 2 fully saturated rings. The second-order valence-corrected chi connectivity index (χ2v) is 7.05. The van der Waals surface area contributed by atoms with Crippen molar-refractivity contribution in [2.45, 2.75) is 57.2 Å². The van der Waals surface area contributed by atoms with Gasteiger partial charge in [-0.3, -0.25) is 4.79 Å². The number of hydrogen-bond donors (Lipinski definition) is 1. The highest BCUT2D eigenvalue weighted by Crippen LogP contribution is 2.34. The van der Waals surface area contributed by atoms with Gasteiger partial charge in [-0.1, -0.05) is 13.0 Å². The van der Waals surface area contributed by atoms with E-state index in [-0.39, 0.29) is 5.91 Å². The topological polar surface area (TPSA) is 36.8 Å². The van der Waals surface area contributed by atoms with Crippen molar-refractivity contribution in [3.05, 3.63) is 41.7 Å². The first-order chi connectivity index (χ1) is 11.2. The summed E-state index contributed by atoms with van der Waals surface area (Å²) in [6, 6.07) is 9.72. The maximum atomic E-state index is 12.8. The number of amides is 1. The van der Waals surface area contributed by atoms with Gasteiger partial charge in [-0.05, 0) is 57.4 Å². The largest absolute Gasteiger partial charge is 0.349 e. The number of carbonyl (C=O) groups excluding carboxylic acids is 1. The monoisotopic (exact) mass is 311 g/mol. The van der Waals surface area contributed by atoms with Crippen molar-refractivity contribution in [3.63, 3.8) is 0 Å². The Labute approximate surface area is 137 Å². The highest BCUT2D eigenvalue weighted by Gasteiger charge is 2.38. The summed E-state index contributed by atoms with van der Waals surface area (Å²) in [6.07, 6.45) is 7.71. The van der Waals surface area contributed by atoms with Crippen LogP contribution < -0.4 is 5.32 Å². The molecule has 0 spiro atoms. The number of pyridine rings is 1. The van der Waals surface area contributed by atoms with Gasteiger partial charge < -0.3 is 14.6 Å². The second kappa shape index (κ2) is 5.68. The van der Waals surface area contributed by atoms with Crippen molar-refractivity contribution >= 4 is 11.4 Å². The third kappa shape index (κ3) is 2.45. The maximum Gasteiger partial charge on any atom is 0.253 e. The van der Waals surface area contributed by atoms with E-state index < -0.39 is 0 Å². The predicted octanol–water partition coefficient (Wildman–Crippen LogP) is 2.86. The van der Waals surface area contributed by atoms with E-state index in [4.69, 9.17) is 0 Å². The molecule has 3 atom stereocenters. The SMILES string of the molecule is CCc1cc(C(=O)NC2C[C@H]3CC[C@@H](C2)N3C)c2ccccn12. The van der Waals surface area contributed by atoms with Gasteiger partial charge in [0.1, 0.15) is 0 Å². The summed E-state index contributed by atoms with van der Waals surface area (Å²) in [7, 11) is 2.23. The van der Waals surface area contributed by atoms with Crippen LogP contribution in [-0.4, -0.2) is 40.4 Å². The fourth-order valence-corrected chi connectivity index (χ4v) is 4.47. The Morgan fingerprint density at radius 2 is 2.00 bits per heavy atom. The van der Waals surface area contributed by atoms with Gasteiger partial charge in [0, 0.05) is 30.0 Å². The van der Waals surface area contributed by atoms with Crippen molar-refractivity contribution in [2.75, 3.05) is 7.05 Å². The minimum Gasteiger partial charge on any atom is -0.349 e. The average Bonchev–Trinajstić information content (AvgIpc) is 3.01. The van der Waals surface area contributed by atoms with Crippen LogP contribution in [-0.2, 0) is 6.42 Å². The summed E-state index contributed by atoms with van der Waals surface area (Å²) in [4.78, 5) is 15.3. The molecule has 2 aliphatic heterocycles. The van der Waals surface area contributed by atoms with E-state index in [0.717, 1.165) is 30.3 Å². The van der Waals surface area contributed by atoms with E-state index in [1.807, 2.05) is 30.5 Å². The van der Waals surface area contributed by atoms with E-state index in [1.165, 1.54) is 18.5 Å². The van der Waals surface area contributed by atoms with Gasteiger partial charge in [0.05, 0.1) is 11.1 Å². The number of hydrogen-bond acceptors (Lipinski definition) is 2. The molecule has 0 saturated carbocycles. The van der Waals surface area contributed by atoms with Gasteiger partial charge in [0.15, 0.2) is 0 Å². The van der Waals surface area contributed by atoms with Gasteiger partial charge in [-0.15, -0.1) is 0 Å². The molecule has 1 unspecified atom stereocenters. The molecule has 0 aliphatic carbocycles. The second-order valence-electron chi connectivity index (χ2n) is 7.05. The lowest BCUT2D eigenvalue weighted by Crippen LogP contribution is -2.48. The van der Waals surface area contributed by atoms with Crippen LogP contribution >= 0.6 is 0 Å². The number of fused-ring (bicyclic) bond motifs is 3. The first-order valence-electron chi connectivity index (χ1n) is 8.79. The van der Waals surface area contributed by atoms with Crippen molar-refractivity contribution in [2.24, 2.45) is 0 Å². The third-order valence-corrected chi connectivity index (χ3v) is 5.80. The van der Waals surface area contributed by atoms with Gasteiger partial charge >= 0.3 is 0 Å². The molecular formula is C19H25N3O. The quantitative estimate of drug-likeness (QED) is 0.946. The Bertz CT molecular complexity index is 721. The van der Waals surface area contributed by atoms with Crippen molar-refractivity contribution < 1.29 is 4.79 Å². The number of nitrogens with one attached hydrogen (secondary N) is 1. The van der Waals surface area contributed by atoms with Gasteiger partial charge in [0.2, 0.25) is 0 Å². The molecule has 2 bridgehead atoms. The van der Waals surface area contributed by atoms with E-state index in [0.29, 0.717) is 18.1 Å². The fourth-order valence-electron chi connectivity index (χ4n) is 4.47. The van der Waals surface area contributed by atoms with Crippen LogP contribution in [0.4, 0.5) is 0 Å². The molecule has 4 rings (SSSR count). The Kier molecular flexibility index (Phi) is 3.64. The number of piperidine rings is 1. The molecule has 4 heteroatoms. The average molecular weight is 311 g/mol. The lowest BCUT2D eigenvalue weighted by atomic mass is 9.97. The zero-order valence-corrected chi connectivity index (χ0v) is 14.0. The Balaban J connectivity index is 1.56. The fraction of sp³-hybridized carbons (Fsp3) is 0.526. The molecule has 2 saturated heterocycles. The Morgan fingerprint density at radius 1 is 1.26 bits per heavy atom. The summed E-state index contributed by atoms with van der Waals surface area (Å²) >= 11 is 0. The summed E-state index contributed by atoms with van der Waals surface area (Å²) < 4.78 is 2.13. The highest BCUT2D eigenvalue weighted by molar-refractivity contribution is 6.01. The van der Waals surface area contributed by atoms with Crippen molar-refractivity contribution in [1.82, 2.24) is 14.6 Å². The molecular weight excluding hydrogens is 286 g/mol. The number of aryl methyl sites for hydroxylation is 1. The molecule has 4 nitrogen and oxygen atoms in total. The lowest BCUT2D eigenvalue weighted by molar-refractivity contribution is 0.0884. The van der Waals surface area contributed by atoms with Crippen LogP contribution in [0.1, 0.15) is 48.7 Å².